The molecule has 5 heteroatoms. The Kier molecular flexibility index (Phi) is 5.55. The molecular formula is C11H22N2O3. The zero-order valence-electron chi connectivity index (χ0n) is 10.1. The number of methoxy groups -OCH3 is 1. The molecule has 0 aromatic rings. The Morgan fingerprint density at radius 3 is 2.88 bits per heavy atom. The molecule has 2 unspecified atom stereocenters. The highest BCUT2D eigenvalue weighted by Gasteiger charge is 2.29. The third-order valence-electron chi connectivity index (χ3n) is 3.15. The molecule has 1 amide bonds. The van der Waals surface area contributed by atoms with Crippen LogP contribution in [0.25, 0.3) is 0 Å². The van der Waals surface area contributed by atoms with Crippen LogP contribution >= 0.6 is 0 Å². The van der Waals surface area contributed by atoms with Crippen LogP contribution in [0.15, 0.2) is 0 Å². The van der Waals surface area contributed by atoms with E-state index in [1.807, 2.05) is 7.05 Å². The smallest absolute Gasteiger partial charge is 0.409 e. The molecule has 0 aliphatic carbocycles. The number of likely N-dealkylation sites (N-methyl/N-ethyl adjacent to an activating group) is 1. The zero-order chi connectivity index (χ0) is 12.0. The number of carbonyl (C=O) groups is 1. The Balaban J connectivity index is 2.50. The maximum atomic E-state index is 11.5. The maximum absolute atomic E-state index is 11.5. The second kappa shape index (κ2) is 6.70. The van der Waals surface area contributed by atoms with Crippen molar-refractivity contribution in [3.63, 3.8) is 0 Å². The quantitative estimate of drug-likeness (QED) is 0.735. The summed E-state index contributed by atoms with van der Waals surface area (Å²) < 4.78 is 4.75. The van der Waals surface area contributed by atoms with E-state index in [9.17, 15) is 4.79 Å². The SMILES string of the molecule is CNC1CC(CCCO)CN(C(=O)OC)C1. The van der Waals surface area contributed by atoms with Crippen LogP contribution in [0.4, 0.5) is 4.79 Å². The summed E-state index contributed by atoms with van der Waals surface area (Å²) in [5.74, 6) is 0.456. The van der Waals surface area contributed by atoms with E-state index >= 15 is 0 Å². The fraction of sp³-hybridized carbons (Fsp3) is 0.909. The topological polar surface area (TPSA) is 61.8 Å². The van der Waals surface area contributed by atoms with Crippen LogP contribution in [0.3, 0.4) is 0 Å². The minimum Gasteiger partial charge on any atom is -0.453 e. The lowest BCUT2D eigenvalue weighted by molar-refractivity contribution is 0.0887. The molecule has 0 spiro atoms. The molecule has 1 heterocycles. The fourth-order valence-corrected chi connectivity index (χ4v) is 2.28. The number of nitrogens with one attached hydrogen (secondary N) is 1. The highest BCUT2D eigenvalue weighted by molar-refractivity contribution is 5.67. The van der Waals surface area contributed by atoms with Crippen molar-refractivity contribution >= 4 is 6.09 Å². The molecular weight excluding hydrogens is 208 g/mol. The molecule has 0 radical (unpaired) electrons. The third kappa shape index (κ3) is 3.64. The summed E-state index contributed by atoms with van der Waals surface area (Å²) in [6.45, 7) is 1.67. The Morgan fingerprint density at radius 2 is 2.31 bits per heavy atom. The number of carbonyl (C=O) groups excluding carboxylic acids is 1. The molecule has 0 aromatic carbocycles. The van der Waals surface area contributed by atoms with Crippen LogP contribution in [0, 0.1) is 5.92 Å². The number of hydrogen-bond acceptors (Lipinski definition) is 4. The van der Waals surface area contributed by atoms with Gasteiger partial charge in [-0.25, -0.2) is 4.79 Å². The maximum Gasteiger partial charge on any atom is 0.409 e. The summed E-state index contributed by atoms with van der Waals surface area (Å²) in [5.41, 5.74) is 0. The molecule has 5 nitrogen and oxygen atoms in total. The molecule has 0 bridgehead atoms. The third-order valence-corrected chi connectivity index (χ3v) is 3.15. The van der Waals surface area contributed by atoms with Crippen LogP contribution in [0.5, 0.6) is 0 Å². The summed E-state index contributed by atoms with van der Waals surface area (Å²) in [5, 5.41) is 12.0. The molecule has 1 rings (SSSR count). The Bertz CT molecular complexity index is 223. The van der Waals surface area contributed by atoms with Crippen molar-refractivity contribution in [2.24, 2.45) is 5.92 Å². The van der Waals surface area contributed by atoms with Gasteiger partial charge in [0.15, 0.2) is 0 Å². The van der Waals surface area contributed by atoms with E-state index in [1.165, 1.54) is 7.11 Å². The van der Waals surface area contributed by atoms with Gasteiger partial charge in [-0.1, -0.05) is 0 Å². The Labute approximate surface area is 96.8 Å². The van der Waals surface area contributed by atoms with Gasteiger partial charge in [-0.2, -0.15) is 0 Å². The number of rotatable bonds is 4. The molecule has 0 aromatic heterocycles. The molecule has 1 aliphatic rings. The first-order valence-corrected chi connectivity index (χ1v) is 5.82. The number of nitrogens with zero attached hydrogens (tertiary/aromatic N) is 1. The predicted molar refractivity (Wildman–Crippen MR) is 61.3 cm³/mol. The second-order valence-corrected chi connectivity index (χ2v) is 4.33. The summed E-state index contributed by atoms with van der Waals surface area (Å²) in [6, 6.07) is 0.330. The van der Waals surface area contributed by atoms with Crippen LogP contribution < -0.4 is 5.32 Å². The molecule has 1 fully saturated rings. The molecule has 16 heavy (non-hydrogen) atoms. The molecule has 0 saturated carbocycles. The standard InChI is InChI=1S/C11H22N2O3/c1-12-10-6-9(4-3-5-14)7-13(8-10)11(15)16-2/h9-10,12,14H,3-8H2,1-2H3. The van der Waals surface area contributed by atoms with E-state index in [-0.39, 0.29) is 12.7 Å². The predicted octanol–water partition coefficient (Wildman–Crippen LogP) is 0.435. The van der Waals surface area contributed by atoms with Crippen molar-refractivity contribution < 1.29 is 14.6 Å². The zero-order valence-corrected chi connectivity index (χ0v) is 10.1. The van der Waals surface area contributed by atoms with E-state index in [0.717, 1.165) is 25.8 Å². The van der Waals surface area contributed by atoms with Gasteiger partial charge in [0.2, 0.25) is 0 Å². The van der Waals surface area contributed by atoms with Gasteiger partial charge in [-0.05, 0) is 32.2 Å². The Hall–Kier alpha value is -0.810. The number of aliphatic hydroxyl groups is 1. The summed E-state index contributed by atoms with van der Waals surface area (Å²) in [7, 11) is 3.32. The number of likely N-dealkylation sites (tertiary alicyclic amines) is 1. The van der Waals surface area contributed by atoms with Gasteiger partial charge in [-0.3, -0.25) is 0 Å². The number of piperidine rings is 1. The van der Waals surface area contributed by atoms with Gasteiger partial charge in [0.1, 0.15) is 0 Å². The Morgan fingerprint density at radius 1 is 1.56 bits per heavy atom. The van der Waals surface area contributed by atoms with E-state index in [1.54, 1.807) is 4.90 Å². The van der Waals surface area contributed by atoms with Gasteiger partial charge in [-0.15, -0.1) is 0 Å². The van der Waals surface area contributed by atoms with Crippen molar-refractivity contribution in [3.05, 3.63) is 0 Å². The van der Waals surface area contributed by atoms with Crippen LogP contribution in [0.1, 0.15) is 19.3 Å². The van der Waals surface area contributed by atoms with Crippen molar-refractivity contribution in [1.82, 2.24) is 10.2 Å². The minimum atomic E-state index is -0.256. The number of amides is 1. The van der Waals surface area contributed by atoms with E-state index in [4.69, 9.17) is 9.84 Å². The first-order valence-electron chi connectivity index (χ1n) is 5.82. The number of aliphatic hydroxyl groups excluding tert-OH is 1. The summed E-state index contributed by atoms with van der Waals surface area (Å²) in [4.78, 5) is 13.2. The van der Waals surface area contributed by atoms with E-state index in [0.29, 0.717) is 18.5 Å². The van der Waals surface area contributed by atoms with E-state index < -0.39 is 0 Å². The normalized spacial score (nSPS) is 25.6. The molecule has 1 aliphatic heterocycles. The van der Waals surface area contributed by atoms with Gasteiger partial charge in [0, 0.05) is 25.7 Å². The monoisotopic (exact) mass is 230 g/mol. The van der Waals surface area contributed by atoms with Crippen LogP contribution in [0.2, 0.25) is 0 Å². The van der Waals surface area contributed by atoms with Crippen molar-refractivity contribution in [2.45, 2.75) is 25.3 Å². The summed E-state index contributed by atoms with van der Waals surface area (Å²) in [6.07, 6.45) is 2.57. The summed E-state index contributed by atoms with van der Waals surface area (Å²) >= 11 is 0. The van der Waals surface area contributed by atoms with Crippen LogP contribution in [-0.4, -0.2) is 56.0 Å². The lowest BCUT2D eigenvalue weighted by Gasteiger charge is -2.36. The van der Waals surface area contributed by atoms with E-state index in [2.05, 4.69) is 5.32 Å². The molecule has 2 atom stereocenters. The van der Waals surface area contributed by atoms with Gasteiger partial charge in [0.05, 0.1) is 7.11 Å². The largest absolute Gasteiger partial charge is 0.453 e. The average molecular weight is 230 g/mol. The average Bonchev–Trinajstić information content (AvgIpc) is 2.34. The van der Waals surface area contributed by atoms with Gasteiger partial charge >= 0.3 is 6.09 Å². The highest BCUT2D eigenvalue weighted by Crippen LogP contribution is 2.21. The molecule has 94 valence electrons. The lowest BCUT2D eigenvalue weighted by atomic mass is 9.91. The van der Waals surface area contributed by atoms with Gasteiger partial charge in [0.25, 0.3) is 0 Å². The fourth-order valence-electron chi connectivity index (χ4n) is 2.28. The van der Waals surface area contributed by atoms with Crippen molar-refractivity contribution in [1.29, 1.82) is 0 Å². The highest BCUT2D eigenvalue weighted by atomic mass is 16.5. The minimum absolute atomic E-state index is 0.221. The molecule has 1 saturated heterocycles. The first kappa shape index (κ1) is 13.3. The molecule has 2 N–H and O–H groups in total. The van der Waals surface area contributed by atoms with Crippen molar-refractivity contribution in [2.75, 3.05) is 33.9 Å². The number of ether oxygens (including phenoxy) is 1. The van der Waals surface area contributed by atoms with Crippen molar-refractivity contribution in [3.8, 4) is 0 Å². The second-order valence-electron chi connectivity index (χ2n) is 4.33. The van der Waals surface area contributed by atoms with Crippen LogP contribution in [-0.2, 0) is 4.74 Å². The number of hydrogen-bond donors (Lipinski definition) is 2. The first-order chi connectivity index (χ1) is 7.71. The van der Waals surface area contributed by atoms with Gasteiger partial charge < -0.3 is 20.1 Å². The lowest BCUT2D eigenvalue weighted by Crippen LogP contribution is -2.50.